The molecule has 162 valence electrons. The molecule has 0 saturated carbocycles. The summed E-state index contributed by atoms with van der Waals surface area (Å²) in [5.41, 5.74) is 4.82. The van der Waals surface area contributed by atoms with Crippen LogP contribution in [0.1, 0.15) is 41.5 Å². The molecule has 5 nitrogen and oxygen atoms in total. The molecule has 0 aromatic heterocycles. The average Bonchev–Trinajstić information content (AvgIpc) is 3.33. The zero-order valence-electron chi connectivity index (χ0n) is 17.5. The zero-order chi connectivity index (χ0) is 21.2. The molecule has 1 saturated heterocycles. The largest absolute Gasteiger partial charge is 0.487 e. The van der Waals surface area contributed by atoms with E-state index in [0.29, 0.717) is 29.2 Å². The monoisotopic (exact) mass is 422 g/mol. The van der Waals surface area contributed by atoms with Crippen molar-refractivity contribution in [2.75, 3.05) is 31.6 Å². The summed E-state index contributed by atoms with van der Waals surface area (Å²) in [7, 11) is 0. The number of ether oxygens (including phenoxy) is 2. The lowest BCUT2D eigenvalue weighted by Crippen LogP contribution is -2.23. The van der Waals surface area contributed by atoms with E-state index in [9.17, 15) is 9.18 Å². The molecule has 2 aromatic carbocycles. The average molecular weight is 423 g/mol. The van der Waals surface area contributed by atoms with Crippen molar-refractivity contribution in [1.82, 2.24) is 5.32 Å². The lowest BCUT2D eigenvalue weighted by Gasteiger charge is -2.21. The number of amides is 1. The first kappa shape index (κ1) is 20.2. The van der Waals surface area contributed by atoms with Crippen LogP contribution in [0.3, 0.4) is 0 Å². The minimum atomic E-state index is -0.369. The van der Waals surface area contributed by atoms with Crippen molar-refractivity contribution in [1.29, 1.82) is 0 Å². The molecule has 3 aliphatic heterocycles. The Morgan fingerprint density at radius 2 is 1.94 bits per heavy atom. The molecule has 0 unspecified atom stereocenters. The topological polar surface area (TPSA) is 59.6 Å². The molecule has 3 aliphatic rings. The van der Waals surface area contributed by atoms with Gasteiger partial charge in [-0.3, -0.25) is 4.79 Å². The predicted octanol–water partition coefficient (Wildman–Crippen LogP) is 4.13. The van der Waals surface area contributed by atoms with Crippen molar-refractivity contribution in [3.8, 4) is 0 Å². The first-order valence-corrected chi connectivity index (χ1v) is 11.1. The van der Waals surface area contributed by atoms with Crippen molar-refractivity contribution in [2.24, 2.45) is 5.92 Å². The van der Waals surface area contributed by atoms with E-state index in [-0.39, 0.29) is 11.7 Å². The molecule has 0 spiro atoms. The van der Waals surface area contributed by atoms with E-state index in [1.807, 2.05) is 6.07 Å². The van der Waals surface area contributed by atoms with Crippen LogP contribution < -0.4 is 10.6 Å². The number of nitrogens with one attached hydrogen (secondary N) is 2. The lowest BCUT2D eigenvalue weighted by atomic mass is 9.96. The quantitative estimate of drug-likeness (QED) is 0.543. The Kier molecular flexibility index (Phi) is 5.74. The minimum Gasteiger partial charge on any atom is -0.487 e. The molecule has 1 amide bonds. The van der Waals surface area contributed by atoms with Crippen molar-refractivity contribution >= 4 is 22.9 Å². The molecular formula is C25H27FN2O3. The first-order chi connectivity index (χ1) is 15.2. The molecule has 2 N–H and O–H groups in total. The Bertz CT molecular complexity index is 1030. The van der Waals surface area contributed by atoms with Crippen LogP contribution in [-0.4, -0.2) is 32.2 Å². The third-order valence-electron chi connectivity index (χ3n) is 6.40. The highest BCUT2D eigenvalue weighted by Gasteiger charge is 2.32. The highest BCUT2D eigenvalue weighted by Crippen LogP contribution is 2.41. The van der Waals surface area contributed by atoms with Gasteiger partial charge in [-0.2, -0.15) is 0 Å². The Morgan fingerprint density at radius 3 is 2.81 bits per heavy atom. The van der Waals surface area contributed by atoms with Gasteiger partial charge in [-0.15, -0.1) is 0 Å². The number of fused-ring (bicyclic) bond motifs is 2. The van der Waals surface area contributed by atoms with E-state index in [4.69, 9.17) is 9.47 Å². The van der Waals surface area contributed by atoms with E-state index >= 15 is 0 Å². The molecule has 0 radical (unpaired) electrons. The lowest BCUT2D eigenvalue weighted by molar-refractivity contribution is -0.110. The van der Waals surface area contributed by atoms with Crippen molar-refractivity contribution < 1.29 is 18.7 Å². The third-order valence-corrected chi connectivity index (χ3v) is 6.40. The number of hydrogen-bond donors (Lipinski definition) is 2. The van der Waals surface area contributed by atoms with Crippen molar-refractivity contribution in [3.63, 3.8) is 0 Å². The molecule has 2 aromatic rings. The van der Waals surface area contributed by atoms with Crippen LogP contribution in [0.4, 0.5) is 10.1 Å². The molecule has 3 heterocycles. The maximum atomic E-state index is 13.8. The molecule has 0 atom stereocenters. The summed E-state index contributed by atoms with van der Waals surface area (Å²) >= 11 is 0. The Balaban J connectivity index is 1.24. The number of carbonyl (C=O) groups is 1. The van der Waals surface area contributed by atoms with Crippen LogP contribution in [0.25, 0.3) is 11.3 Å². The van der Waals surface area contributed by atoms with Gasteiger partial charge in [0.05, 0.1) is 5.57 Å². The van der Waals surface area contributed by atoms with Crippen molar-refractivity contribution in [3.05, 3.63) is 64.5 Å². The number of carbonyl (C=O) groups excluding carboxylic acids is 1. The second-order valence-corrected chi connectivity index (χ2v) is 8.47. The second-order valence-electron chi connectivity index (χ2n) is 8.47. The maximum Gasteiger partial charge on any atom is 0.260 e. The van der Waals surface area contributed by atoms with Crippen LogP contribution in [0.15, 0.2) is 36.4 Å². The van der Waals surface area contributed by atoms with E-state index in [0.717, 1.165) is 49.8 Å². The van der Waals surface area contributed by atoms with Gasteiger partial charge in [0.15, 0.2) is 0 Å². The summed E-state index contributed by atoms with van der Waals surface area (Å²) in [6, 6.07) is 10.6. The van der Waals surface area contributed by atoms with Gasteiger partial charge in [0.1, 0.15) is 18.2 Å². The van der Waals surface area contributed by atoms with E-state index in [1.54, 1.807) is 6.07 Å². The van der Waals surface area contributed by atoms with Crippen LogP contribution in [-0.2, 0) is 27.3 Å². The standard InChI is InChI=1S/C25H27FN2O3/c26-19-2-4-22-21(14-19)23(25(29)28-22)24-20-3-1-17(13-18(20)15-31-24)6-10-27-9-5-16-7-11-30-12-8-16/h1-4,13-14,16,27H,5-12,15H2,(H,28,29)/b24-23+. The summed E-state index contributed by atoms with van der Waals surface area (Å²) in [6.45, 7) is 4.22. The normalized spacial score (nSPS) is 20.4. The van der Waals surface area contributed by atoms with Crippen LogP contribution >= 0.6 is 0 Å². The highest BCUT2D eigenvalue weighted by atomic mass is 19.1. The number of rotatable bonds is 6. The van der Waals surface area contributed by atoms with Gasteiger partial charge >= 0.3 is 0 Å². The molecule has 0 bridgehead atoms. The smallest absolute Gasteiger partial charge is 0.260 e. The predicted molar refractivity (Wildman–Crippen MR) is 118 cm³/mol. The molecular weight excluding hydrogens is 395 g/mol. The van der Waals surface area contributed by atoms with Gasteiger partial charge in [0.2, 0.25) is 0 Å². The Labute approximate surface area is 181 Å². The molecule has 31 heavy (non-hydrogen) atoms. The molecule has 5 rings (SSSR count). The Hall–Kier alpha value is -2.70. The number of hydrogen-bond acceptors (Lipinski definition) is 4. The number of benzene rings is 2. The fourth-order valence-electron chi connectivity index (χ4n) is 4.64. The van der Waals surface area contributed by atoms with Crippen LogP contribution in [0.5, 0.6) is 0 Å². The van der Waals surface area contributed by atoms with Gasteiger partial charge in [0, 0.05) is 35.6 Å². The Morgan fingerprint density at radius 1 is 1.06 bits per heavy atom. The molecule has 6 heteroatoms. The van der Waals surface area contributed by atoms with Gasteiger partial charge in [0.25, 0.3) is 5.91 Å². The maximum absolute atomic E-state index is 13.8. The molecule has 1 fully saturated rings. The minimum absolute atomic E-state index is 0.249. The summed E-state index contributed by atoms with van der Waals surface area (Å²) in [5.74, 6) is 0.710. The summed E-state index contributed by atoms with van der Waals surface area (Å²) in [4.78, 5) is 12.5. The fraction of sp³-hybridized carbons (Fsp3) is 0.400. The van der Waals surface area contributed by atoms with E-state index in [2.05, 4.69) is 22.8 Å². The summed E-state index contributed by atoms with van der Waals surface area (Å²) in [5, 5.41) is 6.35. The first-order valence-electron chi connectivity index (χ1n) is 11.1. The zero-order valence-corrected chi connectivity index (χ0v) is 17.5. The fourth-order valence-corrected chi connectivity index (χ4v) is 4.64. The van der Waals surface area contributed by atoms with Gasteiger partial charge < -0.3 is 20.1 Å². The van der Waals surface area contributed by atoms with E-state index < -0.39 is 0 Å². The highest BCUT2D eigenvalue weighted by molar-refractivity contribution is 6.36. The SMILES string of the molecule is O=C1Nc2ccc(F)cc2/C1=C1\OCc2cc(CCNCCC3CCOCC3)ccc21. The van der Waals surface area contributed by atoms with Crippen LogP contribution in [0.2, 0.25) is 0 Å². The van der Waals surface area contributed by atoms with E-state index in [1.165, 1.54) is 37.0 Å². The van der Waals surface area contributed by atoms with Gasteiger partial charge in [-0.1, -0.05) is 18.2 Å². The van der Waals surface area contributed by atoms with Crippen molar-refractivity contribution in [2.45, 2.75) is 32.3 Å². The molecule has 0 aliphatic carbocycles. The summed E-state index contributed by atoms with van der Waals surface area (Å²) < 4.78 is 25.1. The summed E-state index contributed by atoms with van der Waals surface area (Å²) in [6.07, 6.45) is 4.52. The second kappa shape index (κ2) is 8.81. The number of anilines is 1. The van der Waals surface area contributed by atoms with Gasteiger partial charge in [-0.25, -0.2) is 4.39 Å². The third kappa shape index (κ3) is 4.23. The van der Waals surface area contributed by atoms with Crippen LogP contribution in [0, 0.1) is 11.7 Å². The number of halogens is 1. The van der Waals surface area contributed by atoms with Gasteiger partial charge in [-0.05, 0) is 68.5 Å².